The van der Waals surface area contributed by atoms with Gasteiger partial charge in [0.05, 0.1) is 11.6 Å². The third-order valence-electron chi connectivity index (χ3n) is 7.11. The number of hydrogen-bond acceptors (Lipinski definition) is 3. The molecule has 170 valence electrons. The minimum absolute atomic E-state index is 0.0583. The second kappa shape index (κ2) is 8.83. The number of H-pyrrole nitrogens is 1. The van der Waals surface area contributed by atoms with Crippen LogP contribution in [-0.2, 0) is 6.42 Å². The molecule has 3 aromatic rings. The van der Waals surface area contributed by atoms with Crippen LogP contribution in [0, 0.1) is 11.6 Å². The van der Waals surface area contributed by atoms with Gasteiger partial charge in [-0.05, 0) is 49.2 Å². The molecular weight excluding hydrogens is 406 g/mol. The van der Waals surface area contributed by atoms with Crippen LogP contribution in [0.5, 0.6) is 0 Å². The first-order valence-electron chi connectivity index (χ1n) is 11.8. The maximum atomic E-state index is 14.5. The second-order valence-corrected chi connectivity index (χ2v) is 9.35. The van der Waals surface area contributed by atoms with Crippen LogP contribution >= 0.6 is 0 Å². The van der Waals surface area contributed by atoms with E-state index in [2.05, 4.69) is 58.3 Å². The number of hydrogen-bond donors (Lipinski definition) is 2. The van der Waals surface area contributed by atoms with Crippen molar-refractivity contribution in [3.8, 4) is 0 Å². The Morgan fingerprint density at radius 3 is 2.50 bits per heavy atom. The van der Waals surface area contributed by atoms with Crippen molar-refractivity contribution in [1.29, 1.82) is 0 Å². The Bertz CT molecular complexity index is 1080. The minimum atomic E-state index is -0.524. The highest BCUT2D eigenvalue weighted by atomic mass is 19.1. The summed E-state index contributed by atoms with van der Waals surface area (Å²) in [7, 11) is 2.16. The molecule has 0 bridgehead atoms. The summed E-state index contributed by atoms with van der Waals surface area (Å²) in [6, 6.07) is 11.4. The molecule has 2 aromatic carbocycles. The molecule has 1 fully saturated rings. The van der Waals surface area contributed by atoms with Gasteiger partial charge in [-0.1, -0.05) is 31.9 Å². The third kappa shape index (κ3) is 4.02. The number of aromatic nitrogens is 1. The van der Waals surface area contributed by atoms with E-state index in [0.29, 0.717) is 10.9 Å². The molecule has 2 N–H and O–H groups in total. The number of rotatable bonds is 5. The number of unbranched alkanes of at least 4 members (excludes halogenated alkanes) is 1. The quantitative estimate of drug-likeness (QED) is 0.589. The predicted octanol–water partition coefficient (Wildman–Crippen LogP) is 4.99. The first-order valence-corrected chi connectivity index (χ1v) is 11.8. The minimum Gasteiger partial charge on any atom is -0.369 e. The molecule has 5 rings (SSSR count). The highest BCUT2D eigenvalue weighted by Gasteiger charge is 2.31. The lowest BCUT2D eigenvalue weighted by atomic mass is 9.88. The number of anilines is 1. The predicted molar refractivity (Wildman–Crippen MR) is 126 cm³/mol. The Labute approximate surface area is 188 Å². The second-order valence-electron chi connectivity index (χ2n) is 9.35. The lowest BCUT2D eigenvalue weighted by molar-refractivity contribution is 0.313. The molecule has 0 radical (unpaired) electrons. The topological polar surface area (TPSA) is 34.3 Å². The zero-order valence-corrected chi connectivity index (χ0v) is 18.9. The molecule has 6 heteroatoms. The number of fused-ring (bicyclic) bond motifs is 3. The molecule has 0 saturated carbocycles. The largest absolute Gasteiger partial charge is 0.369 e. The average molecular weight is 439 g/mol. The van der Waals surface area contributed by atoms with E-state index >= 15 is 0 Å². The van der Waals surface area contributed by atoms with Crippen LogP contribution in [0.3, 0.4) is 0 Å². The molecule has 2 atom stereocenters. The van der Waals surface area contributed by atoms with Gasteiger partial charge in [0.2, 0.25) is 0 Å². The van der Waals surface area contributed by atoms with Crippen molar-refractivity contribution in [2.75, 3.05) is 38.1 Å². The number of piperazine rings is 1. The average Bonchev–Trinajstić information content (AvgIpc) is 3.17. The van der Waals surface area contributed by atoms with Gasteiger partial charge in [-0.3, -0.25) is 0 Å². The van der Waals surface area contributed by atoms with Gasteiger partial charge in [0.1, 0.15) is 11.6 Å². The van der Waals surface area contributed by atoms with Crippen molar-refractivity contribution in [3.63, 3.8) is 0 Å². The fourth-order valence-electron chi connectivity index (χ4n) is 5.23. The fourth-order valence-corrected chi connectivity index (χ4v) is 5.23. The van der Waals surface area contributed by atoms with E-state index in [-0.39, 0.29) is 12.1 Å². The van der Waals surface area contributed by atoms with E-state index in [0.717, 1.165) is 74.7 Å². The Kier molecular flexibility index (Phi) is 5.91. The molecule has 0 spiro atoms. The SMILES string of the molecule is CCCC[C@H]1Cc2c([nH]c3c(F)cc(F)cc23)[C@H](c2ccc(N3CCN(C)CC3)cc2)N1. The zero-order chi connectivity index (χ0) is 22.2. The molecular formula is C26H32F2N4. The Balaban J connectivity index is 1.49. The summed E-state index contributed by atoms with van der Waals surface area (Å²) in [6.07, 6.45) is 4.10. The third-order valence-corrected chi connectivity index (χ3v) is 7.11. The summed E-state index contributed by atoms with van der Waals surface area (Å²) in [5.74, 6) is -1.04. The van der Waals surface area contributed by atoms with Crippen LogP contribution in [0.15, 0.2) is 36.4 Å². The van der Waals surface area contributed by atoms with Crippen molar-refractivity contribution in [1.82, 2.24) is 15.2 Å². The van der Waals surface area contributed by atoms with Crippen molar-refractivity contribution >= 4 is 16.6 Å². The zero-order valence-electron chi connectivity index (χ0n) is 18.9. The fraction of sp³-hybridized carbons (Fsp3) is 0.462. The van der Waals surface area contributed by atoms with E-state index < -0.39 is 11.6 Å². The molecule has 1 saturated heterocycles. The normalized spacial score (nSPS) is 21.8. The number of nitrogens with one attached hydrogen (secondary N) is 2. The highest BCUT2D eigenvalue weighted by molar-refractivity contribution is 5.86. The van der Waals surface area contributed by atoms with Crippen molar-refractivity contribution in [2.45, 2.75) is 44.7 Å². The number of benzene rings is 2. The van der Waals surface area contributed by atoms with E-state index in [4.69, 9.17) is 0 Å². The highest BCUT2D eigenvalue weighted by Crippen LogP contribution is 2.37. The van der Waals surface area contributed by atoms with Gasteiger partial charge in [0.15, 0.2) is 0 Å². The van der Waals surface area contributed by atoms with E-state index in [1.165, 1.54) is 11.8 Å². The molecule has 1 aromatic heterocycles. The molecule has 4 nitrogen and oxygen atoms in total. The number of aromatic amines is 1. The van der Waals surface area contributed by atoms with Crippen LogP contribution in [0.2, 0.25) is 0 Å². The van der Waals surface area contributed by atoms with Gasteiger partial charge in [0, 0.05) is 55.1 Å². The van der Waals surface area contributed by atoms with Gasteiger partial charge in [-0.25, -0.2) is 8.78 Å². The molecule has 0 unspecified atom stereocenters. The van der Waals surface area contributed by atoms with Gasteiger partial charge in [-0.2, -0.15) is 0 Å². The summed E-state index contributed by atoms with van der Waals surface area (Å²) in [4.78, 5) is 8.08. The lowest BCUT2D eigenvalue weighted by Gasteiger charge is -2.35. The van der Waals surface area contributed by atoms with Crippen LogP contribution < -0.4 is 10.2 Å². The molecule has 2 aliphatic heterocycles. The number of halogens is 2. The van der Waals surface area contributed by atoms with Crippen LogP contribution in [-0.4, -0.2) is 49.2 Å². The number of likely N-dealkylation sites (N-methyl/N-ethyl adjacent to an activating group) is 1. The molecule has 32 heavy (non-hydrogen) atoms. The van der Waals surface area contributed by atoms with Crippen LogP contribution in [0.1, 0.15) is 49.0 Å². The van der Waals surface area contributed by atoms with E-state index in [9.17, 15) is 8.78 Å². The lowest BCUT2D eigenvalue weighted by Crippen LogP contribution is -2.44. The molecule has 2 aliphatic rings. The molecule has 3 heterocycles. The van der Waals surface area contributed by atoms with Crippen LogP contribution in [0.25, 0.3) is 10.9 Å². The summed E-state index contributed by atoms with van der Waals surface area (Å²) in [5.41, 5.74) is 4.81. The summed E-state index contributed by atoms with van der Waals surface area (Å²) < 4.78 is 28.6. The Morgan fingerprint density at radius 2 is 1.78 bits per heavy atom. The maximum Gasteiger partial charge on any atom is 0.150 e. The molecule has 0 amide bonds. The Hall–Kier alpha value is -2.44. The van der Waals surface area contributed by atoms with Gasteiger partial charge in [-0.15, -0.1) is 0 Å². The summed E-state index contributed by atoms with van der Waals surface area (Å²) >= 11 is 0. The number of nitrogens with zero attached hydrogens (tertiary/aromatic N) is 2. The van der Waals surface area contributed by atoms with Crippen LogP contribution in [0.4, 0.5) is 14.5 Å². The Morgan fingerprint density at radius 1 is 1.03 bits per heavy atom. The first kappa shape index (κ1) is 21.4. The van der Waals surface area contributed by atoms with Gasteiger partial charge in [0.25, 0.3) is 0 Å². The van der Waals surface area contributed by atoms with E-state index in [1.807, 2.05) is 0 Å². The van der Waals surface area contributed by atoms with Gasteiger partial charge >= 0.3 is 0 Å². The summed E-state index contributed by atoms with van der Waals surface area (Å²) in [5, 5.41) is 4.47. The van der Waals surface area contributed by atoms with Crippen molar-refractivity contribution in [2.24, 2.45) is 0 Å². The first-order chi connectivity index (χ1) is 15.5. The standard InChI is InChI=1S/C26H32F2N4/c1-3-4-5-19-16-22-21-14-18(27)15-23(28)25(21)30-26(22)24(29-19)17-6-8-20(9-7-17)32-12-10-31(2)11-13-32/h6-9,14-15,19,24,29-30H,3-5,10-13,16H2,1-2H3/t19-,24-/m0/s1. The van der Waals surface area contributed by atoms with E-state index in [1.54, 1.807) is 0 Å². The van der Waals surface area contributed by atoms with Gasteiger partial charge < -0.3 is 20.1 Å². The van der Waals surface area contributed by atoms with Crippen molar-refractivity contribution < 1.29 is 8.78 Å². The smallest absolute Gasteiger partial charge is 0.150 e. The molecule has 0 aliphatic carbocycles. The monoisotopic (exact) mass is 438 g/mol. The summed E-state index contributed by atoms with van der Waals surface area (Å²) in [6.45, 7) is 6.41. The van der Waals surface area contributed by atoms with Crippen molar-refractivity contribution in [3.05, 3.63) is 64.9 Å². The maximum absolute atomic E-state index is 14.5.